The quantitative estimate of drug-likeness (QED) is 0.347. The highest BCUT2D eigenvalue weighted by molar-refractivity contribution is 8.00. The Bertz CT molecular complexity index is 822. The molecule has 0 bridgehead atoms. The van der Waals surface area contributed by atoms with Gasteiger partial charge in [0.2, 0.25) is 0 Å². The fourth-order valence-electron chi connectivity index (χ4n) is 2.07. The van der Waals surface area contributed by atoms with Crippen molar-refractivity contribution in [3.05, 3.63) is 63.7 Å². The summed E-state index contributed by atoms with van der Waals surface area (Å²) < 4.78 is 4.94. The molecule has 0 heterocycles. The zero-order chi connectivity index (χ0) is 19.1. The zero-order valence-electron chi connectivity index (χ0n) is 14.6. The van der Waals surface area contributed by atoms with Gasteiger partial charge in [0.15, 0.2) is 5.75 Å². The van der Waals surface area contributed by atoms with Gasteiger partial charge in [-0.2, -0.15) is 5.10 Å². The number of carbonyl (C=O) groups is 1. The SMILES string of the molecule is COc1ccc(/C=N\NC(=O)[C@H](C)Sc2ccc(C)cc2)cc1[N+](=O)[O-]. The number of hydrazone groups is 1. The largest absolute Gasteiger partial charge is 0.490 e. The van der Waals surface area contributed by atoms with Gasteiger partial charge in [-0.1, -0.05) is 17.7 Å². The first-order valence-electron chi connectivity index (χ1n) is 7.79. The van der Waals surface area contributed by atoms with Gasteiger partial charge in [-0.05, 0) is 38.1 Å². The summed E-state index contributed by atoms with van der Waals surface area (Å²) in [4.78, 5) is 23.6. The second-order valence-electron chi connectivity index (χ2n) is 5.50. The van der Waals surface area contributed by atoms with Crippen molar-refractivity contribution in [1.29, 1.82) is 0 Å². The third-order valence-corrected chi connectivity index (χ3v) is 4.60. The van der Waals surface area contributed by atoms with Crippen LogP contribution in [-0.4, -0.2) is 29.4 Å². The molecule has 1 amide bonds. The molecule has 0 unspecified atom stereocenters. The van der Waals surface area contributed by atoms with Gasteiger partial charge in [-0.3, -0.25) is 14.9 Å². The number of rotatable bonds is 7. The summed E-state index contributed by atoms with van der Waals surface area (Å²) in [6, 6.07) is 12.3. The van der Waals surface area contributed by atoms with Crippen LogP contribution in [-0.2, 0) is 4.79 Å². The van der Waals surface area contributed by atoms with Crippen molar-refractivity contribution in [2.24, 2.45) is 5.10 Å². The molecule has 26 heavy (non-hydrogen) atoms. The second-order valence-corrected chi connectivity index (χ2v) is 6.91. The molecule has 0 aliphatic carbocycles. The Morgan fingerprint density at radius 2 is 2.00 bits per heavy atom. The van der Waals surface area contributed by atoms with Crippen LogP contribution in [0.5, 0.6) is 5.75 Å². The van der Waals surface area contributed by atoms with Crippen LogP contribution in [0, 0.1) is 17.0 Å². The standard InChI is InChI=1S/C18H19N3O4S/c1-12-4-7-15(8-5-12)26-13(2)18(22)20-19-11-14-6-9-17(25-3)16(10-14)21(23)24/h4-11,13H,1-3H3,(H,20,22)/b19-11-/t13-/m0/s1. The molecule has 7 nitrogen and oxygen atoms in total. The van der Waals surface area contributed by atoms with Gasteiger partial charge >= 0.3 is 5.69 Å². The number of amides is 1. The number of nitrogens with one attached hydrogen (secondary N) is 1. The number of carbonyl (C=O) groups excluding carboxylic acids is 1. The van der Waals surface area contributed by atoms with Crippen molar-refractivity contribution in [2.45, 2.75) is 24.0 Å². The first-order chi connectivity index (χ1) is 12.4. The summed E-state index contributed by atoms with van der Waals surface area (Å²) in [7, 11) is 1.36. The minimum atomic E-state index is -0.533. The van der Waals surface area contributed by atoms with Crippen molar-refractivity contribution in [3.8, 4) is 5.75 Å². The summed E-state index contributed by atoms with van der Waals surface area (Å²) in [5.41, 5.74) is 3.93. The number of thioether (sulfide) groups is 1. The maximum atomic E-state index is 12.1. The highest BCUT2D eigenvalue weighted by Gasteiger charge is 2.15. The predicted molar refractivity (Wildman–Crippen MR) is 102 cm³/mol. The molecular formula is C18H19N3O4S. The van der Waals surface area contributed by atoms with Gasteiger partial charge in [0.1, 0.15) is 0 Å². The monoisotopic (exact) mass is 373 g/mol. The predicted octanol–water partition coefficient (Wildman–Crippen LogP) is 3.54. The van der Waals surface area contributed by atoms with Crippen LogP contribution in [0.15, 0.2) is 52.5 Å². The average molecular weight is 373 g/mol. The van der Waals surface area contributed by atoms with E-state index in [1.165, 1.54) is 37.2 Å². The second kappa shape index (κ2) is 9.00. The molecule has 0 aliphatic rings. The van der Waals surface area contributed by atoms with Crippen LogP contribution < -0.4 is 10.2 Å². The van der Waals surface area contributed by atoms with Gasteiger partial charge in [0.25, 0.3) is 5.91 Å². The van der Waals surface area contributed by atoms with Gasteiger partial charge in [0, 0.05) is 16.5 Å². The summed E-state index contributed by atoms with van der Waals surface area (Å²) in [6.45, 7) is 3.79. The lowest BCUT2D eigenvalue weighted by Crippen LogP contribution is -2.26. The first kappa shape index (κ1) is 19.5. The minimum Gasteiger partial charge on any atom is -0.490 e. The molecule has 2 aromatic rings. The molecule has 8 heteroatoms. The van der Waals surface area contributed by atoms with Crippen molar-refractivity contribution >= 4 is 29.6 Å². The van der Waals surface area contributed by atoms with E-state index < -0.39 is 4.92 Å². The molecule has 0 fully saturated rings. The van der Waals surface area contributed by atoms with E-state index in [0.29, 0.717) is 5.56 Å². The Morgan fingerprint density at radius 1 is 1.31 bits per heavy atom. The molecule has 0 saturated carbocycles. The van der Waals surface area contributed by atoms with E-state index in [9.17, 15) is 14.9 Å². The maximum absolute atomic E-state index is 12.1. The third-order valence-electron chi connectivity index (χ3n) is 3.49. The number of hydrogen-bond donors (Lipinski definition) is 1. The molecule has 2 rings (SSSR count). The Hall–Kier alpha value is -2.87. The van der Waals surface area contributed by atoms with Gasteiger partial charge < -0.3 is 4.74 Å². The van der Waals surface area contributed by atoms with Crippen molar-refractivity contribution in [3.63, 3.8) is 0 Å². The van der Waals surface area contributed by atoms with E-state index in [-0.39, 0.29) is 22.6 Å². The Labute approximate surface area is 155 Å². The molecule has 136 valence electrons. The van der Waals surface area contributed by atoms with Crippen LogP contribution in [0.3, 0.4) is 0 Å². The molecule has 1 N–H and O–H groups in total. The lowest BCUT2D eigenvalue weighted by atomic mass is 10.2. The van der Waals surface area contributed by atoms with Crippen LogP contribution in [0.1, 0.15) is 18.1 Å². The lowest BCUT2D eigenvalue weighted by Gasteiger charge is -2.09. The van der Waals surface area contributed by atoms with Gasteiger partial charge in [0.05, 0.1) is 23.5 Å². The lowest BCUT2D eigenvalue weighted by molar-refractivity contribution is -0.385. The van der Waals surface area contributed by atoms with E-state index in [0.717, 1.165) is 10.5 Å². The fourth-order valence-corrected chi connectivity index (χ4v) is 2.93. The average Bonchev–Trinajstić information content (AvgIpc) is 2.63. The topological polar surface area (TPSA) is 93.8 Å². The molecule has 0 saturated heterocycles. The van der Waals surface area contributed by atoms with E-state index >= 15 is 0 Å². The number of methoxy groups -OCH3 is 1. The number of nitro groups is 1. The highest BCUT2D eigenvalue weighted by atomic mass is 32.2. The fraction of sp³-hybridized carbons (Fsp3) is 0.222. The van der Waals surface area contributed by atoms with E-state index in [2.05, 4.69) is 10.5 Å². The maximum Gasteiger partial charge on any atom is 0.311 e. The summed E-state index contributed by atoms with van der Waals surface area (Å²) >= 11 is 1.43. The molecule has 1 atom stereocenters. The Balaban J connectivity index is 1.96. The number of nitro benzene ring substituents is 1. The summed E-state index contributed by atoms with van der Waals surface area (Å²) in [6.07, 6.45) is 1.35. The summed E-state index contributed by atoms with van der Waals surface area (Å²) in [5, 5.41) is 14.5. The number of benzene rings is 2. The van der Waals surface area contributed by atoms with E-state index in [4.69, 9.17) is 4.74 Å². The smallest absolute Gasteiger partial charge is 0.311 e. The molecular weight excluding hydrogens is 354 g/mol. The van der Waals surface area contributed by atoms with Crippen LogP contribution >= 0.6 is 11.8 Å². The molecule has 0 aromatic heterocycles. The van der Waals surface area contributed by atoms with Gasteiger partial charge in [-0.25, -0.2) is 5.43 Å². The van der Waals surface area contributed by atoms with E-state index in [1.54, 1.807) is 13.0 Å². The van der Waals surface area contributed by atoms with Crippen LogP contribution in [0.4, 0.5) is 5.69 Å². The number of nitrogens with zero attached hydrogens (tertiary/aromatic N) is 2. The Kier molecular flexibility index (Phi) is 6.74. The highest BCUT2D eigenvalue weighted by Crippen LogP contribution is 2.27. The van der Waals surface area contributed by atoms with Crippen LogP contribution in [0.2, 0.25) is 0 Å². The molecule has 0 spiro atoms. The van der Waals surface area contributed by atoms with Crippen molar-refractivity contribution in [2.75, 3.05) is 7.11 Å². The normalized spacial score (nSPS) is 12.0. The van der Waals surface area contributed by atoms with Crippen LogP contribution in [0.25, 0.3) is 0 Å². The van der Waals surface area contributed by atoms with Crippen molar-refractivity contribution < 1.29 is 14.5 Å². The third kappa shape index (κ3) is 5.32. The number of hydrogen-bond acceptors (Lipinski definition) is 6. The zero-order valence-corrected chi connectivity index (χ0v) is 15.4. The molecule has 0 radical (unpaired) electrons. The minimum absolute atomic E-state index is 0.161. The molecule has 0 aliphatic heterocycles. The first-order valence-corrected chi connectivity index (χ1v) is 8.67. The van der Waals surface area contributed by atoms with Crippen molar-refractivity contribution in [1.82, 2.24) is 5.43 Å². The summed E-state index contributed by atoms with van der Waals surface area (Å²) in [5.74, 6) is -0.0888. The van der Waals surface area contributed by atoms with Gasteiger partial charge in [-0.15, -0.1) is 11.8 Å². The number of aryl methyl sites for hydroxylation is 1. The number of ether oxygens (including phenoxy) is 1. The Morgan fingerprint density at radius 3 is 2.62 bits per heavy atom. The van der Waals surface area contributed by atoms with E-state index in [1.807, 2.05) is 31.2 Å². The molecule has 2 aromatic carbocycles.